The summed E-state index contributed by atoms with van der Waals surface area (Å²) in [4.78, 5) is 18.5. The quantitative estimate of drug-likeness (QED) is 0.783. The highest BCUT2D eigenvalue weighted by molar-refractivity contribution is 5.98. The first kappa shape index (κ1) is 15.8. The maximum Gasteiger partial charge on any atom is 0.255 e. The zero-order valence-electron chi connectivity index (χ0n) is 13.7. The zero-order chi connectivity index (χ0) is 16.9. The number of rotatable bonds is 5. The average Bonchev–Trinajstić information content (AvgIpc) is 3.09. The van der Waals surface area contributed by atoms with E-state index in [-0.39, 0.29) is 5.91 Å². The topological polar surface area (TPSA) is 58.4 Å². The van der Waals surface area contributed by atoms with Gasteiger partial charge in [-0.3, -0.25) is 4.79 Å². The van der Waals surface area contributed by atoms with E-state index < -0.39 is 0 Å². The minimum atomic E-state index is -0.176. The molecule has 5 nitrogen and oxygen atoms in total. The normalized spacial score (nSPS) is 10.4. The largest absolute Gasteiger partial charge is 0.459 e. The van der Waals surface area contributed by atoms with Gasteiger partial charge in [0.05, 0.1) is 12.1 Å². The highest BCUT2D eigenvalue weighted by Gasteiger charge is 2.14. The molecule has 1 aromatic carbocycles. The summed E-state index contributed by atoms with van der Waals surface area (Å²) in [5.74, 6) is 1.96. The first-order valence-corrected chi connectivity index (χ1v) is 7.70. The predicted octanol–water partition coefficient (Wildman–Crippen LogP) is 3.34. The summed E-state index contributed by atoms with van der Waals surface area (Å²) >= 11 is 0. The first-order chi connectivity index (χ1) is 11.6. The van der Waals surface area contributed by atoms with Crippen LogP contribution in [0.5, 0.6) is 0 Å². The molecule has 3 rings (SSSR count). The number of hydrogen-bond acceptors (Lipinski definition) is 4. The van der Waals surface area contributed by atoms with Crippen LogP contribution in [0, 0.1) is 0 Å². The van der Waals surface area contributed by atoms with Crippen LogP contribution in [0.1, 0.15) is 16.1 Å². The van der Waals surface area contributed by atoms with Crippen LogP contribution in [0.4, 0.5) is 5.82 Å². The lowest BCUT2D eigenvalue weighted by Gasteiger charge is -2.15. The Morgan fingerprint density at radius 3 is 2.62 bits per heavy atom. The van der Waals surface area contributed by atoms with Crippen LogP contribution >= 0.6 is 0 Å². The molecule has 5 heteroatoms. The van der Waals surface area contributed by atoms with Gasteiger partial charge in [0.25, 0.3) is 5.91 Å². The van der Waals surface area contributed by atoms with Gasteiger partial charge in [-0.15, -0.1) is 0 Å². The molecule has 0 aliphatic carbocycles. The van der Waals surface area contributed by atoms with Crippen molar-refractivity contribution in [2.45, 2.75) is 6.54 Å². The molecular weight excluding hydrogens is 302 g/mol. The minimum absolute atomic E-state index is 0.176. The fraction of sp³-hybridized carbons (Fsp3) is 0.158. The second kappa shape index (κ2) is 7.00. The third-order valence-corrected chi connectivity index (χ3v) is 3.60. The molecule has 1 amide bonds. The third kappa shape index (κ3) is 3.46. The Bertz CT molecular complexity index is 825. The van der Waals surface area contributed by atoms with Gasteiger partial charge in [-0.1, -0.05) is 30.3 Å². The maximum atomic E-state index is 12.4. The molecular formula is C19H19N3O2. The van der Waals surface area contributed by atoms with Gasteiger partial charge in [-0.05, 0) is 24.3 Å². The van der Waals surface area contributed by atoms with Crippen molar-refractivity contribution in [2.75, 3.05) is 19.0 Å². The number of carbonyl (C=O) groups excluding carboxylic acids is 1. The van der Waals surface area contributed by atoms with Crippen molar-refractivity contribution in [3.05, 3.63) is 72.1 Å². The van der Waals surface area contributed by atoms with E-state index in [9.17, 15) is 4.79 Å². The Balaban J connectivity index is 1.68. The van der Waals surface area contributed by atoms with Crippen LogP contribution in [-0.4, -0.2) is 25.0 Å². The molecule has 0 saturated heterocycles. The van der Waals surface area contributed by atoms with Gasteiger partial charge in [0.15, 0.2) is 0 Å². The van der Waals surface area contributed by atoms with Gasteiger partial charge in [-0.25, -0.2) is 4.98 Å². The Kier molecular flexibility index (Phi) is 4.61. The van der Waals surface area contributed by atoms with Gasteiger partial charge in [0, 0.05) is 25.9 Å². The highest BCUT2D eigenvalue weighted by atomic mass is 16.3. The Morgan fingerprint density at radius 2 is 1.88 bits per heavy atom. The number of nitrogens with one attached hydrogen (secondary N) is 1. The lowest BCUT2D eigenvalue weighted by atomic mass is 10.2. The van der Waals surface area contributed by atoms with Gasteiger partial charge in [0.1, 0.15) is 17.3 Å². The van der Waals surface area contributed by atoms with E-state index in [1.165, 1.54) is 0 Å². The molecule has 0 spiro atoms. The number of carbonyl (C=O) groups is 1. The van der Waals surface area contributed by atoms with Crippen LogP contribution < -0.4 is 10.2 Å². The summed E-state index contributed by atoms with van der Waals surface area (Å²) in [6, 6.07) is 17.2. The molecule has 2 aromatic heterocycles. The van der Waals surface area contributed by atoms with Gasteiger partial charge >= 0.3 is 0 Å². The van der Waals surface area contributed by atoms with Crippen molar-refractivity contribution in [3.8, 4) is 11.3 Å². The standard InChI is InChI=1S/C19H19N3O2/c1-22(2)18-16(9-6-12-20-18)19(23)21-13-15-10-11-17(24-15)14-7-4-3-5-8-14/h3-12H,13H2,1-2H3,(H,21,23). The number of pyridine rings is 1. The number of amides is 1. The summed E-state index contributed by atoms with van der Waals surface area (Å²) in [6.07, 6.45) is 1.67. The van der Waals surface area contributed by atoms with Crippen molar-refractivity contribution < 1.29 is 9.21 Å². The van der Waals surface area contributed by atoms with E-state index in [0.29, 0.717) is 23.7 Å². The minimum Gasteiger partial charge on any atom is -0.459 e. The van der Waals surface area contributed by atoms with Crippen LogP contribution in [0.3, 0.4) is 0 Å². The monoisotopic (exact) mass is 321 g/mol. The Hall–Kier alpha value is -3.08. The lowest BCUT2D eigenvalue weighted by molar-refractivity contribution is 0.0948. The van der Waals surface area contributed by atoms with Gasteiger partial charge in [-0.2, -0.15) is 0 Å². The molecule has 0 fully saturated rings. The number of aromatic nitrogens is 1. The van der Waals surface area contributed by atoms with Crippen molar-refractivity contribution in [1.29, 1.82) is 0 Å². The molecule has 0 bridgehead atoms. The summed E-state index contributed by atoms with van der Waals surface area (Å²) in [5.41, 5.74) is 1.55. The van der Waals surface area contributed by atoms with Crippen LogP contribution in [0.25, 0.3) is 11.3 Å². The smallest absolute Gasteiger partial charge is 0.255 e. The van der Waals surface area contributed by atoms with E-state index in [4.69, 9.17) is 4.42 Å². The number of anilines is 1. The summed E-state index contributed by atoms with van der Waals surface area (Å²) in [7, 11) is 3.72. The molecule has 0 aliphatic rings. The molecule has 0 atom stereocenters. The Morgan fingerprint density at radius 1 is 1.08 bits per heavy atom. The summed E-state index contributed by atoms with van der Waals surface area (Å²) in [5, 5.41) is 2.88. The van der Waals surface area contributed by atoms with Crippen LogP contribution in [-0.2, 0) is 6.54 Å². The molecule has 122 valence electrons. The van der Waals surface area contributed by atoms with Crippen LogP contribution in [0.2, 0.25) is 0 Å². The first-order valence-electron chi connectivity index (χ1n) is 7.70. The summed E-state index contributed by atoms with van der Waals surface area (Å²) < 4.78 is 5.79. The van der Waals surface area contributed by atoms with Crippen molar-refractivity contribution in [1.82, 2.24) is 10.3 Å². The van der Waals surface area contributed by atoms with E-state index in [2.05, 4.69) is 10.3 Å². The molecule has 0 radical (unpaired) electrons. The molecule has 24 heavy (non-hydrogen) atoms. The van der Waals surface area contributed by atoms with E-state index in [0.717, 1.165) is 11.3 Å². The molecule has 3 aromatic rings. The van der Waals surface area contributed by atoms with Crippen molar-refractivity contribution in [3.63, 3.8) is 0 Å². The molecule has 0 saturated carbocycles. The third-order valence-electron chi connectivity index (χ3n) is 3.60. The number of furan rings is 1. The summed E-state index contributed by atoms with van der Waals surface area (Å²) in [6.45, 7) is 0.327. The van der Waals surface area contributed by atoms with Crippen molar-refractivity contribution >= 4 is 11.7 Å². The zero-order valence-corrected chi connectivity index (χ0v) is 13.7. The van der Waals surface area contributed by atoms with E-state index in [1.54, 1.807) is 18.3 Å². The second-order valence-corrected chi connectivity index (χ2v) is 5.58. The molecule has 0 aliphatic heterocycles. The fourth-order valence-electron chi connectivity index (χ4n) is 2.42. The SMILES string of the molecule is CN(C)c1ncccc1C(=O)NCc1ccc(-c2ccccc2)o1. The van der Waals surface area contributed by atoms with Gasteiger partial charge in [0.2, 0.25) is 0 Å². The Labute approximate surface area is 140 Å². The molecule has 0 unspecified atom stereocenters. The number of benzene rings is 1. The number of nitrogens with zero attached hydrogens (tertiary/aromatic N) is 2. The lowest BCUT2D eigenvalue weighted by Crippen LogP contribution is -2.25. The maximum absolute atomic E-state index is 12.4. The van der Waals surface area contributed by atoms with E-state index >= 15 is 0 Å². The molecule has 1 N–H and O–H groups in total. The average molecular weight is 321 g/mol. The van der Waals surface area contributed by atoms with Crippen LogP contribution in [0.15, 0.2) is 65.2 Å². The molecule has 2 heterocycles. The highest BCUT2D eigenvalue weighted by Crippen LogP contribution is 2.22. The number of hydrogen-bond donors (Lipinski definition) is 1. The van der Waals surface area contributed by atoms with E-state index in [1.807, 2.05) is 61.5 Å². The van der Waals surface area contributed by atoms with Crippen molar-refractivity contribution in [2.24, 2.45) is 0 Å². The van der Waals surface area contributed by atoms with Gasteiger partial charge < -0.3 is 14.6 Å². The fourth-order valence-corrected chi connectivity index (χ4v) is 2.42. The predicted molar refractivity (Wildman–Crippen MR) is 93.9 cm³/mol. The second-order valence-electron chi connectivity index (χ2n) is 5.58.